The van der Waals surface area contributed by atoms with E-state index in [0.717, 1.165) is 0 Å². The zero-order valence-electron chi connectivity index (χ0n) is 8.71. The molecule has 0 radical (unpaired) electrons. The molecule has 0 spiro atoms. The second-order valence-electron chi connectivity index (χ2n) is 3.17. The van der Waals surface area contributed by atoms with Crippen LogP contribution in [0.5, 0.6) is 0 Å². The van der Waals surface area contributed by atoms with Gasteiger partial charge in [0.1, 0.15) is 5.52 Å². The highest BCUT2D eigenvalue weighted by Crippen LogP contribution is 2.06. The van der Waals surface area contributed by atoms with Crippen LogP contribution in [-0.2, 0) is 0 Å². The van der Waals surface area contributed by atoms with Crippen molar-refractivity contribution in [2.45, 2.75) is 0 Å². The first-order valence-corrected chi connectivity index (χ1v) is 4.67. The summed E-state index contributed by atoms with van der Waals surface area (Å²) < 4.78 is 1.50. The second kappa shape index (κ2) is 4.01. The van der Waals surface area contributed by atoms with Crippen molar-refractivity contribution in [3.8, 4) is 0 Å². The van der Waals surface area contributed by atoms with E-state index in [1.807, 2.05) is 0 Å². The van der Waals surface area contributed by atoms with Crippen LogP contribution >= 0.6 is 0 Å². The van der Waals surface area contributed by atoms with Crippen LogP contribution in [0.3, 0.4) is 0 Å². The summed E-state index contributed by atoms with van der Waals surface area (Å²) in [7, 11) is 1.63. The summed E-state index contributed by atoms with van der Waals surface area (Å²) in [5.41, 5.74) is 6.95. The van der Waals surface area contributed by atoms with Crippen LogP contribution in [0, 0.1) is 0 Å². The molecule has 0 aromatic carbocycles. The van der Waals surface area contributed by atoms with Crippen LogP contribution in [0.2, 0.25) is 0 Å². The van der Waals surface area contributed by atoms with E-state index in [2.05, 4.69) is 15.1 Å². The van der Waals surface area contributed by atoms with E-state index in [0.29, 0.717) is 16.8 Å². The van der Waals surface area contributed by atoms with Gasteiger partial charge in [-0.1, -0.05) is 0 Å². The number of hydrogen-bond donors (Lipinski definition) is 2. The van der Waals surface area contributed by atoms with Crippen LogP contribution in [0.15, 0.2) is 34.4 Å². The Hall–Kier alpha value is -2.37. The molecule has 0 aliphatic rings. The number of aromatic nitrogens is 3. The van der Waals surface area contributed by atoms with Crippen LogP contribution in [0.25, 0.3) is 11.1 Å². The molecule has 6 heteroatoms. The largest absolute Gasteiger partial charge is 0.404 e. The topological polar surface area (TPSA) is 88.5 Å². The summed E-state index contributed by atoms with van der Waals surface area (Å²) >= 11 is 0. The fourth-order valence-corrected chi connectivity index (χ4v) is 1.43. The Bertz CT molecular complexity index is 619. The van der Waals surface area contributed by atoms with Gasteiger partial charge in [-0.2, -0.15) is 5.10 Å². The van der Waals surface area contributed by atoms with Gasteiger partial charge < -0.3 is 10.7 Å². The molecule has 0 bridgehead atoms. The number of rotatable bonds is 2. The van der Waals surface area contributed by atoms with E-state index < -0.39 is 0 Å². The highest BCUT2D eigenvalue weighted by atomic mass is 16.1. The Morgan fingerprint density at radius 1 is 1.69 bits per heavy atom. The number of nitrogens with two attached hydrogens (primary N) is 1. The Balaban J connectivity index is 2.66. The Kier molecular flexibility index (Phi) is 2.55. The van der Waals surface area contributed by atoms with E-state index in [4.69, 9.17) is 5.73 Å². The maximum atomic E-state index is 11.7. The molecule has 0 amide bonds. The first-order chi connectivity index (χ1) is 7.76. The lowest BCUT2D eigenvalue weighted by Crippen LogP contribution is -2.13. The minimum Gasteiger partial charge on any atom is -0.404 e. The smallest absolute Gasteiger partial charge is 0.274 e. The molecule has 16 heavy (non-hydrogen) atoms. The van der Waals surface area contributed by atoms with Crippen molar-refractivity contribution >= 4 is 17.3 Å². The Morgan fingerprint density at radius 3 is 3.19 bits per heavy atom. The summed E-state index contributed by atoms with van der Waals surface area (Å²) in [6.07, 6.45) is 6.21. The van der Waals surface area contributed by atoms with Crippen molar-refractivity contribution in [3.63, 3.8) is 0 Å². The first-order valence-electron chi connectivity index (χ1n) is 4.67. The van der Waals surface area contributed by atoms with E-state index in [-0.39, 0.29) is 5.56 Å². The highest BCUT2D eigenvalue weighted by molar-refractivity contribution is 6.08. The van der Waals surface area contributed by atoms with Crippen LogP contribution < -0.4 is 11.3 Å². The summed E-state index contributed by atoms with van der Waals surface area (Å²) in [4.78, 5) is 18.2. The molecule has 2 aromatic rings. The molecule has 0 atom stereocenters. The van der Waals surface area contributed by atoms with Crippen LogP contribution in [0.4, 0.5) is 0 Å². The van der Waals surface area contributed by atoms with E-state index >= 15 is 0 Å². The van der Waals surface area contributed by atoms with Gasteiger partial charge in [0.05, 0.1) is 18.1 Å². The maximum absolute atomic E-state index is 11.7. The standard InChI is InChI=1S/C10H11N5O/c1-12-5-7(4-11)8-6-15-9(2-3-13-15)10(16)14-8/h2-6H,11H2,1H3,(H,14,16). The van der Waals surface area contributed by atoms with Gasteiger partial charge in [-0.25, -0.2) is 4.52 Å². The number of aromatic amines is 1. The van der Waals surface area contributed by atoms with Gasteiger partial charge in [0.25, 0.3) is 5.56 Å². The third-order valence-electron chi connectivity index (χ3n) is 2.16. The lowest BCUT2D eigenvalue weighted by molar-refractivity contribution is 0.929. The molecular formula is C10H11N5O. The van der Waals surface area contributed by atoms with Crippen molar-refractivity contribution in [1.82, 2.24) is 14.6 Å². The molecule has 0 aliphatic carbocycles. The lowest BCUT2D eigenvalue weighted by Gasteiger charge is -2.01. The summed E-state index contributed by atoms with van der Waals surface area (Å²) in [5.74, 6) is 0. The molecule has 0 fully saturated rings. The van der Waals surface area contributed by atoms with Crippen molar-refractivity contribution < 1.29 is 0 Å². The maximum Gasteiger partial charge on any atom is 0.274 e. The molecule has 2 aromatic heterocycles. The first kappa shape index (κ1) is 10.2. The molecule has 0 saturated heterocycles. The van der Waals surface area contributed by atoms with Crippen molar-refractivity contribution in [2.75, 3.05) is 7.05 Å². The molecule has 2 rings (SSSR count). The highest BCUT2D eigenvalue weighted by Gasteiger charge is 2.04. The normalized spacial score (nSPS) is 12.7. The van der Waals surface area contributed by atoms with Crippen LogP contribution in [0.1, 0.15) is 5.69 Å². The zero-order valence-corrected chi connectivity index (χ0v) is 8.71. The quantitative estimate of drug-likeness (QED) is 0.695. The van der Waals surface area contributed by atoms with Gasteiger partial charge in [0.2, 0.25) is 0 Å². The molecular weight excluding hydrogens is 206 g/mol. The predicted octanol–water partition coefficient (Wildman–Crippen LogP) is 0.0228. The van der Waals surface area contributed by atoms with Gasteiger partial charge in [0, 0.05) is 25.0 Å². The molecule has 2 heterocycles. The number of aliphatic imine (C=N–C) groups is 1. The minimum absolute atomic E-state index is 0.209. The zero-order chi connectivity index (χ0) is 11.5. The van der Waals surface area contributed by atoms with Gasteiger partial charge in [0.15, 0.2) is 0 Å². The van der Waals surface area contributed by atoms with Gasteiger partial charge in [-0.05, 0) is 6.07 Å². The fraction of sp³-hybridized carbons (Fsp3) is 0.100. The third kappa shape index (κ3) is 1.60. The summed E-state index contributed by atoms with van der Waals surface area (Å²) in [6.45, 7) is 0. The second-order valence-corrected chi connectivity index (χ2v) is 3.17. The summed E-state index contributed by atoms with van der Waals surface area (Å²) in [6, 6.07) is 1.64. The summed E-state index contributed by atoms with van der Waals surface area (Å²) in [5, 5.41) is 4.00. The Labute approximate surface area is 91.1 Å². The van der Waals surface area contributed by atoms with E-state index in [1.54, 1.807) is 31.7 Å². The molecule has 3 N–H and O–H groups in total. The lowest BCUT2D eigenvalue weighted by atomic mass is 10.2. The minimum atomic E-state index is -0.209. The molecule has 82 valence electrons. The van der Waals surface area contributed by atoms with Crippen molar-refractivity contribution in [2.24, 2.45) is 10.7 Å². The average molecular weight is 217 g/mol. The SMILES string of the molecule is CN=CC(=CN)c1cn2nccc2c(=O)[nH]1. The van der Waals surface area contributed by atoms with Gasteiger partial charge in [-0.3, -0.25) is 9.79 Å². The average Bonchev–Trinajstić information content (AvgIpc) is 2.74. The van der Waals surface area contributed by atoms with Crippen molar-refractivity contribution in [1.29, 1.82) is 0 Å². The van der Waals surface area contributed by atoms with Gasteiger partial charge >= 0.3 is 0 Å². The number of allylic oxidation sites excluding steroid dienone is 1. The molecule has 6 nitrogen and oxygen atoms in total. The molecule has 0 unspecified atom stereocenters. The number of H-pyrrole nitrogens is 1. The fourth-order valence-electron chi connectivity index (χ4n) is 1.43. The molecule has 0 saturated carbocycles. The van der Waals surface area contributed by atoms with E-state index in [1.165, 1.54) is 10.7 Å². The number of nitrogens with zero attached hydrogens (tertiary/aromatic N) is 3. The number of nitrogens with one attached hydrogen (secondary N) is 1. The van der Waals surface area contributed by atoms with Crippen LogP contribution in [-0.4, -0.2) is 27.9 Å². The number of hydrogen-bond acceptors (Lipinski definition) is 4. The Morgan fingerprint density at radius 2 is 2.50 bits per heavy atom. The monoisotopic (exact) mass is 217 g/mol. The predicted molar refractivity (Wildman–Crippen MR) is 62.4 cm³/mol. The third-order valence-corrected chi connectivity index (χ3v) is 2.16. The van der Waals surface area contributed by atoms with Gasteiger partial charge in [-0.15, -0.1) is 0 Å². The molecule has 0 aliphatic heterocycles. The van der Waals surface area contributed by atoms with Crippen molar-refractivity contribution in [3.05, 3.63) is 40.7 Å². The number of fused-ring (bicyclic) bond motifs is 1. The van der Waals surface area contributed by atoms with E-state index in [9.17, 15) is 4.79 Å².